The SMILES string of the molecule is Cc1ccc(/C=C/C(=O)NNC(=O)c2cc(Br)cn2C)c(C)c1. The number of nitrogens with one attached hydrogen (secondary N) is 2. The van der Waals surface area contributed by atoms with Crippen LogP contribution in [-0.2, 0) is 11.8 Å². The van der Waals surface area contributed by atoms with Crippen LogP contribution >= 0.6 is 15.9 Å². The van der Waals surface area contributed by atoms with Crippen molar-refractivity contribution in [2.75, 3.05) is 0 Å². The summed E-state index contributed by atoms with van der Waals surface area (Å²) in [4.78, 5) is 23.7. The molecule has 0 saturated carbocycles. The van der Waals surface area contributed by atoms with E-state index < -0.39 is 5.91 Å². The summed E-state index contributed by atoms with van der Waals surface area (Å²) in [5.74, 6) is -0.780. The Morgan fingerprint density at radius 2 is 1.91 bits per heavy atom. The Bertz CT molecular complexity index is 778. The Kier molecular flexibility index (Phi) is 5.39. The Morgan fingerprint density at radius 1 is 1.17 bits per heavy atom. The van der Waals surface area contributed by atoms with E-state index in [1.165, 1.54) is 11.6 Å². The standard InChI is InChI=1S/C17H18BrN3O2/c1-11-4-5-13(12(2)8-11)6-7-16(22)19-20-17(23)15-9-14(18)10-21(15)3/h4-10H,1-3H3,(H,19,22)(H,20,23)/b7-6+. The second-order valence-corrected chi connectivity index (χ2v) is 6.21. The van der Waals surface area contributed by atoms with Crippen molar-refractivity contribution in [1.82, 2.24) is 15.4 Å². The van der Waals surface area contributed by atoms with Crippen molar-refractivity contribution in [2.24, 2.45) is 7.05 Å². The molecule has 0 aliphatic heterocycles. The van der Waals surface area contributed by atoms with Crippen LogP contribution in [-0.4, -0.2) is 16.4 Å². The van der Waals surface area contributed by atoms with Crippen LogP contribution in [0.15, 0.2) is 41.0 Å². The number of amides is 2. The minimum Gasteiger partial charge on any atom is -0.345 e. The van der Waals surface area contributed by atoms with Gasteiger partial charge in [0.05, 0.1) is 0 Å². The molecular weight excluding hydrogens is 358 g/mol. The van der Waals surface area contributed by atoms with E-state index in [4.69, 9.17) is 0 Å². The van der Waals surface area contributed by atoms with Crippen LogP contribution < -0.4 is 10.9 Å². The van der Waals surface area contributed by atoms with Crippen LogP contribution in [0.5, 0.6) is 0 Å². The van der Waals surface area contributed by atoms with Gasteiger partial charge in [-0.3, -0.25) is 20.4 Å². The third-order valence-corrected chi connectivity index (χ3v) is 3.78. The highest BCUT2D eigenvalue weighted by molar-refractivity contribution is 9.10. The van der Waals surface area contributed by atoms with Gasteiger partial charge in [-0.25, -0.2) is 0 Å². The largest absolute Gasteiger partial charge is 0.345 e. The summed E-state index contributed by atoms with van der Waals surface area (Å²) in [5.41, 5.74) is 8.41. The molecule has 0 spiro atoms. The van der Waals surface area contributed by atoms with E-state index in [1.807, 2.05) is 32.0 Å². The zero-order valence-electron chi connectivity index (χ0n) is 13.2. The number of benzene rings is 1. The second kappa shape index (κ2) is 7.28. The Balaban J connectivity index is 1.93. The molecule has 1 aromatic heterocycles. The van der Waals surface area contributed by atoms with Gasteiger partial charge < -0.3 is 4.57 Å². The zero-order chi connectivity index (χ0) is 17.0. The van der Waals surface area contributed by atoms with Crippen molar-refractivity contribution in [1.29, 1.82) is 0 Å². The maximum Gasteiger partial charge on any atom is 0.286 e. The number of aromatic nitrogens is 1. The maximum atomic E-state index is 12.0. The van der Waals surface area contributed by atoms with E-state index in [1.54, 1.807) is 30.0 Å². The van der Waals surface area contributed by atoms with Crippen molar-refractivity contribution in [3.63, 3.8) is 0 Å². The van der Waals surface area contributed by atoms with Gasteiger partial charge in [0.2, 0.25) is 0 Å². The van der Waals surface area contributed by atoms with Gasteiger partial charge in [-0.1, -0.05) is 23.8 Å². The minimum absolute atomic E-state index is 0.383. The molecular formula is C17H18BrN3O2. The van der Waals surface area contributed by atoms with Gasteiger partial charge in [0.1, 0.15) is 5.69 Å². The van der Waals surface area contributed by atoms with Crippen LogP contribution in [0.4, 0.5) is 0 Å². The van der Waals surface area contributed by atoms with Crippen LogP contribution in [0.3, 0.4) is 0 Å². The fourth-order valence-electron chi connectivity index (χ4n) is 2.15. The van der Waals surface area contributed by atoms with E-state index in [9.17, 15) is 9.59 Å². The van der Waals surface area contributed by atoms with Gasteiger partial charge in [0, 0.05) is 23.8 Å². The number of hydrogen-bond acceptors (Lipinski definition) is 2. The topological polar surface area (TPSA) is 63.1 Å². The van der Waals surface area contributed by atoms with Gasteiger partial charge in [0.15, 0.2) is 0 Å². The predicted molar refractivity (Wildman–Crippen MR) is 93.7 cm³/mol. The minimum atomic E-state index is -0.397. The molecule has 6 heteroatoms. The first-order chi connectivity index (χ1) is 10.9. The van der Waals surface area contributed by atoms with Crippen LogP contribution in [0, 0.1) is 13.8 Å². The average molecular weight is 376 g/mol. The first-order valence-electron chi connectivity index (χ1n) is 7.04. The molecule has 2 rings (SSSR count). The number of nitrogens with zero attached hydrogens (tertiary/aromatic N) is 1. The lowest BCUT2D eigenvalue weighted by Crippen LogP contribution is -2.41. The number of aryl methyl sites for hydroxylation is 3. The molecule has 0 aliphatic rings. The van der Waals surface area contributed by atoms with E-state index in [2.05, 4.69) is 26.8 Å². The maximum absolute atomic E-state index is 12.0. The summed E-state index contributed by atoms with van der Waals surface area (Å²) in [6.07, 6.45) is 4.87. The molecule has 0 aliphatic carbocycles. The van der Waals surface area contributed by atoms with Crippen LogP contribution in [0.1, 0.15) is 27.2 Å². The fraction of sp³-hybridized carbons (Fsp3) is 0.176. The van der Waals surface area contributed by atoms with Gasteiger partial charge in [0.25, 0.3) is 11.8 Å². The van der Waals surface area contributed by atoms with Crippen molar-refractivity contribution < 1.29 is 9.59 Å². The summed E-state index contributed by atoms with van der Waals surface area (Å²) in [7, 11) is 1.75. The number of halogens is 1. The number of carbonyl (C=O) groups excluding carboxylic acids is 2. The molecule has 0 saturated heterocycles. The smallest absolute Gasteiger partial charge is 0.286 e. The van der Waals surface area contributed by atoms with E-state index >= 15 is 0 Å². The molecule has 120 valence electrons. The Morgan fingerprint density at radius 3 is 2.52 bits per heavy atom. The summed E-state index contributed by atoms with van der Waals surface area (Å²) >= 11 is 3.29. The molecule has 1 aromatic carbocycles. The molecule has 1 heterocycles. The van der Waals surface area contributed by atoms with Gasteiger partial charge in [-0.2, -0.15) is 0 Å². The third-order valence-electron chi connectivity index (χ3n) is 3.34. The number of hydrogen-bond donors (Lipinski definition) is 2. The summed E-state index contributed by atoms with van der Waals surface area (Å²) in [6.45, 7) is 4.00. The first-order valence-corrected chi connectivity index (χ1v) is 7.83. The van der Waals surface area contributed by atoms with Crippen LogP contribution in [0.25, 0.3) is 6.08 Å². The van der Waals surface area contributed by atoms with Crippen LogP contribution in [0.2, 0.25) is 0 Å². The normalized spacial score (nSPS) is 10.8. The Hall–Kier alpha value is -2.34. The monoisotopic (exact) mass is 375 g/mol. The van der Waals surface area contributed by atoms with Gasteiger partial charge in [-0.05, 0) is 53.0 Å². The number of hydrazine groups is 1. The Labute approximate surface area is 143 Å². The van der Waals surface area contributed by atoms with E-state index in [0.29, 0.717) is 5.69 Å². The number of rotatable bonds is 3. The molecule has 23 heavy (non-hydrogen) atoms. The lowest BCUT2D eigenvalue weighted by atomic mass is 10.1. The summed E-state index contributed by atoms with van der Waals surface area (Å²) in [6, 6.07) is 7.66. The van der Waals surface area contributed by atoms with Gasteiger partial charge in [-0.15, -0.1) is 0 Å². The molecule has 2 N–H and O–H groups in total. The van der Waals surface area contributed by atoms with E-state index in [0.717, 1.165) is 15.6 Å². The molecule has 0 bridgehead atoms. The molecule has 0 fully saturated rings. The molecule has 0 unspecified atom stereocenters. The molecule has 5 nitrogen and oxygen atoms in total. The lowest BCUT2D eigenvalue weighted by molar-refractivity contribution is -0.117. The third kappa shape index (κ3) is 4.56. The van der Waals surface area contributed by atoms with Crippen molar-refractivity contribution in [2.45, 2.75) is 13.8 Å². The van der Waals surface area contributed by atoms with Gasteiger partial charge >= 0.3 is 0 Å². The highest BCUT2D eigenvalue weighted by Gasteiger charge is 2.11. The van der Waals surface area contributed by atoms with Crippen molar-refractivity contribution in [3.8, 4) is 0 Å². The molecule has 0 radical (unpaired) electrons. The zero-order valence-corrected chi connectivity index (χ0v) is 14.8. The van der Waals surface area contributed by atoms with Crippen molar-refractivity contribution in [3.05, 3.63) is 63.4 Å². The molecule has 2 amide bonds. The lowest BCUT2D eigenvalue weighted by Gasteiger charge is -2.06. The second-order valence-electron chi connectivity index (χ2n) is 5.29. The van der Waals surface area contributed by atoms with Crippen molar-refractivity contribution >= 4 is 33.8 Å². The molecule has 0 atom stereocenters. The number of carbonyl (C=O) groups is 2. The highest BCUT2D eigenvalue weighted by atomic mass is 79.9. The highest BCUT2D eigenvalue weighted by Crippen LogP contribution is 2.13. The van der Waals surface area contributed by atoms with E-state index in [-0.39, 0.29) is 5.91 Å². The summed E-state index contributed by atoms with van der Waals surface area (Å²) < 4.78 is 2.46. The quantitative estimate of drug-likeness (QED) is 0.639. The summed E-state index contributed by atoms with van der Waals surface area (Å²) in [5, 5.41) is 0. The fourth-order valence-corrected chi connectivity index (χ4v) is 2.68. The first kappa shape index (κ1) is 17.0. The average Bonchev–Trinajstić information content (AvgIpc) is 2.82. The molecule has 2 aromatic rings. The predicted octanol–water partition coefficient (Wildman–Crippen LogP) is 2.88.